The number of aliphatic imine (C=N–C) groups is 1. The molecular weight excluding hydrogens is 258 g/mol. The minimum atomic E-state index is -0.531. The molecule has 2 aliphatic heterocycles. The SMILES string of the molecule is CCC1=[N+](CC)C2C(=O)N(CCC#N)C(=O)N(C)C2=N1. The van der Waals surface area contributed by atoms with E-state index in [1.54, 1.807) is 7.05 Å². The molecular formula is C13H18N5O2+. The number of nitriles is 1. The molecule has 2 heterocycles. The molecule has 20 heavy (non-hydrogen) atoms. The van der Waals surface area contributed by atoms with Crippen molar-refractivity contribution in [3.05, 3.63) is 0 Å². The third-order valence-corrected chi connectivity index (χ3v) is 3.60. The molecule has 1 unspecified atom stereocenters. The minimum absolute atomic E-state index is 0.126. The molecule has 0 spiro atoms. The number of carbonyl (C=O) groups is 2. The van der Waals surface area contributed by atoms with Crippen LogP contribution in [-0.4, -0.2) is 64.2 Å². The van der Waals surface area contributed by atoms with Gasteiger partial charge >= 0.3 is 6.03 Å². The second-order valence-electron chi connectivity index (χ2n) is 4.67. The van der Waals surface area contributed by atoms with Crippen molar-refractivity contribution in [2.75, 3.05) is 20.1 Å². The van der Waals surface area contributed by atoms with Crippen LogP contribution in [0.2, 0.25) is 0 Å². The van der Waals surface area contributed by atoms with Gasteiger partial charge in [-0.25, -0.2) is 9.37 Å². The van der Waals surface area contributed by atoms with Gasteiger partial charge in [0.1, 0.15) is 0 Å². The molecule has 1 saturated heterocycles. The maximum absolute atomic E-state index is 12.5. The summed E-state index contributed by atoms with van der Waals surface area (Å²) in [6.07, 6.45) is 0.850. The molecule has 1 fully saturated rings. The highest BCUT2D eigenvalue weighted by Gasteiger charge is 2.52. The van der Waals surface area contributed by atoms with E-state index in [4.69, 9.17) is 5.26 Å². The summed E-state index contributed by atoms with van der Waals surface area (Å²) in [5, 5.41) is 8.65. The number of amides is 3. The van der Waals surface area contributed by atoms with Gasteiger partial charge in [-0.15, -0.1) is 0 Å². The molecule has 106 valence electrons. The number of imide groups is 1. The molecule has 1 atom stereocenters. The largest absolute Gasteiger partial charge is 0.333 e. The van der Waals surface area contributed by atoms with E-state index in [-0.39, 0.29) is 18.9 Å². The van der Waals surface area contributed by atoms with Crippen LogP contribution in [-0.2, 0) is 4.79 Å². The van der Waals surface area contributed by atoms with Crippen molar-refractivity contribution < 1.29 is 14.2 Å². The van der Waals surface area contributed by atoms with Crippen LogP contribution in [0.15, 0.2) is 4.99 Å². The maximum atomic E-state index is 12.5. The fourth-order valence-corrected chi connectivity index (χ4v) is 2.58. The first-order valence-corrected chi connectivity index (χ1v) is 6.73. The lowest BCUT2D eigenvalue weighted by Gasteiger charge is -2.32. The Bertz CT molecular complexity index is 558. The van der Waals surface area contributed by atoms with E-state index in [2.05, 4.69) is 4.99 Å². The predicted molar refractivity (Wildman–Crippen MR) is 72.4 cm³/mol. The molecule has 0 aliphatic carbocycles. The average molecular weight is 276 g/mol. The molecule has 3 amide bonds. The van der Waals surface area contributed by atoms with Crippen molar-refractivity contribution in [1.29, 1.82) is 5.26 Å². The number of fused-ring (bicyclic) bond motifs is 1. The smallest absolute Gasteiger partial charge is 0.269 e. The Labute approximate surface area is 117 Å². The van der Waals surface area contributed by atoms with E-state index in [0.29, 0.717) is 18.8 Å². The first kappa shape index (κ1) is 14.2. The third kappa shape index (κ3) is 1.97. The molecule has 0 bridgehead atoms. The summed E-state index contributed by atoms with van der Waals surface area (Å²) in [4.78, 5) is 31.7. The van der Waals surface area contributed by atoms with Crippen LogP contribution in [0, 0.1) is 11.3 Å². The van der Waals surface area contributed by atoms with Gasteiger partial charge in [0, 0.05) is 13.6 Å². The monoisotopic (exact) mass is 276 g/mol. The second-order valence-corrected chi connectivity index (χ2v) is 4.67. The molecule has 0 aromatic carbocycles. The number of carbonyl (C=O) groups excluding carboxylic acids is 2. The van der Waals surface area contributed by atoms with E-state index in [9.17, 15) is 9.59 Å². The van der Waals surface area contributed by atoms with Crippen molar-refractivity contribution in [2.45, 2.75) is 32.7 Å². The van der Waals surface area contributed by atoms with Gasteiger partial charge in [0.25, 0.3) is 23.6 Å². The van der Waals surface area contributed by atoms with Gasteiger partial charge in [0.05, 0.1) is 25.5 Å². The number of nitrogens with zero attached hydrogens (tertiary/aromatic N) is 5. The quantitative estimate of drug-likeness (QED) is 0.698. The van der Waals surface area contributed by atoms with Crippen LogP contribution in [0.5, 0.6) is 0 Å². The number of hydrogen-bond acceptors (Lipinski definition) is 4. The Kier molecular flexibility index (Phi) is 3.84. The molecule has 7 nitrogen and oxygen atoms in total. The summed E-state index contributed by atoms with van der Waals surface area (Å²) >= 11 is 0. The topological polar surface area (TPSA) is 79.8 Å². The fraction of sp³-hybridized carbons (Fsp3) is 0.615. The molecule has 7 heteroatoms. The number of amidine groups is 2. The van der Waals surface area contributed by atoms with Gasteiger partial charge in [0.15, 0.2) is 0 Å². The maximum Gasteiger partial charge on any atom is 0.333 e. The lowest BCUT2D eigenvalue weighted by Crippen LogP contribution is -2.62. The predicted octanol–water partition coefficient (Wildman–Crippen LogP) is 0.416. The van der Waals surface area contributed by atoms with Crippen molar-refractivity contribution >= 4 is 23.6 Å². The average Bonchev–Trinajstić information content (AvgIpc) is 2.83. The molecule has 0 saturated carbocycles. The number of rotatable bonds is 4. The molecule has 0 aromatic rings. The zero-order chi connectivity index (χ0) is 14.9. The van der Waals surface area contributed by atoms with Crippen LogP contribution in [0.4, 0.5) is 4.79 Å². The second kappa shape index (κ2) is 5.41. The van der Waals surface area contributed by atoms with E-state index in [0.717, 1.165) is 10.7 Å². The van der Waals surface area contributed by atoms with E-state index < -0.39 is 12.1 Å². The van der Waals surface area contributed by atoms with Gasteiger partial charge in [-0.3, -0.25) is 14.6 Å². The van der Waals surface area contributed by atoms with Crippen molar-refractivity contribution in [3.8, 4) is 6.07 Å². The van der Waals surface area contributed by atoms with Crippen LogP contribution < -0.4 is 0 Å². The van der Waals surface area contributed by atoms with Crippen molar-refractivity contribution in [2.24, 2.45) is 4.99 Å². The lowest BCUT2D eigenvalue weighted by atomic mass is 10.1. The summed E-state index contributed by atoms with van der Waals surface area (Å²) in [6.45, 7) is 4.71. The highest BCUT2D eigenvalue weighted by atomic mass is 16.2. The standard InChI is InChI=1S/C13H18N5O2/c1-4-9-15-11-10(17(9)5-2)12(19)18(8-6-7-14)13(20)16(11)3/h10H,4-6,8H2,1-3H3/q+1. The summed E-state index contributed by atoms with van der Waals surface area (Å²) in [5.41, 5.74) is 0. The third-order valence-electron chi connectivity index (χ3n) is 3.60. The normalized spacial score (nSPS) is 22.1. The van der Waals surface area contributed by atoms with Gasteiger partial charge in [-0.2, -0.15) is 5.26 Å². The zero-order valence-corrected chi connectivity index (χ0v) is 12.0. The molecule has 0 aromatic heterocycles. The van der Waals surface area contributed by atoms with Gasteiger partial charge < -0.3 is 0 Å². The lowest BCUT2D eigenvalue weighted by molar-refractivity contribution is -0.532. The Hall–Kier alpha value is -2.23. The molecule has 0 N–H and O–H groups in total. The summed E-state index contributed by atoms with van der Waals surface area (Å²) in [5.74, 6) is 1.03. The van der Waals surface area contributed by atoms with Crippen molar-refractivity contribution in [1.82, 2.24) is 9.80 Å². The minimum Gasteiger partial charge on any atom is -0.269 e. The Morgan fingerprint density at radius 2 is 2.10 bits per heavy atom. The Morgan fingerprint density at radius 1 is 1.40 bits per heavy atom. The number of likely N-dealkylation sites (N-methyl/N-ethyl adjacent to an activating group) is 2. The van der Waals surface area contributed by atoms with Crippen LogP contribution >= 0.6 is 0 Å². The molecule has 0 radical (unpaired) electrons. The summed E-state index contributed by atoms with van der Waals surface area (Å²) in [7, 11) is 1.62. The van der Waals surface area contributed by atoms with E-state index in [1.165, 1.54) is 4.90 Å². The number of urea groups is 1. The first-order chi connectivity index (χ1) is 9.56. The first-order valence-electron chi connectivity index (χ1n) is 6.73. The number of hydrogen-bond donors (Lipinski definition) is 0. The highest BCUT2D eigenvalue weighted by Crippen LogP contribution is 2.20. The highest BCUT2D eigenvalue weighted by molar-refractivity contribution is 6.22. The molecule has 2 rings (SSSR count). The van der Waals surface area contributed by atoms with Gasteiger partial charge in [-0.05, 0) is 11.9 Å². The Morgan fingerprint density at radius 3 is 2.65 bits per heavy atom. The molecule has 2 aliphatic rings. The zero-order valence-electron chi connectivity index (χ0n) is 12.0. The van der Waals surface area contributed by atoms with Crippen LogP contribution in [0.25, 0.3) is 0 Å². The van der Waals surface area contributed by atoms with Crippen molar-refractivity contribution in [3.63, 3.8) is 0 Å². The van der Waals surface area contributed by atoms with Crippen LogP contribution in [0.3, 0.4) is 0 Å². The van der Waals surface area contributed by atoms with E-state index in [1.807, 2.05) is 24.5 Å². The summed E-state index contributed by atoms with van der Waals surface area (Å²) < 4.78 is 1.92. The van der Waals surface area contributed by atoms with Gasteiger partial charge in [-0.1, -0.05) is 6.92 Å². The van der Waals surface area contributed by atoms with E-state index >= 15 is 0 Å². The Balaban J connectivity index is 2.39. The summed E-state index contributed by atoms with van der Waals surface area (Å²) in [6, 6.07) is 1.02. The van der Waals surface area contributed by atoms with Gasteiger partial charge in [0.2, 0.25) is 0 Å². The van der Waals surface area contributed by atoms with Crippen LogP contribution in [0.1, 0.15) is 26.7 Å². The fourth-order valence-electron chi connectivity index (χ4n) is 2.58.